The predicted octanol–water partition coefficient (Wildman–Crippen LogP) is 3.94. The highest BCUT2D eigenvalue weighted by atomic mass is 16.5. The number of ether oxygens (including phenoxy) is 2. The normalized spacial score (nSPS) is 25.0. The van der Waals surface area contributed by atoms with E-state index in [9.17, 15) is 10.2 Å². The number of aromatic hydroxyl groups is 2. The van der Waals surface area contributed by atoms with Gasteiger partial charge < -0.3 is 19.7 Å². The van der Waals surface area contributed by atoms with Gasteiger partial charge in [0, 0.05) is 25.2 Å². The van der Waals surface area contributed by atoms with Crippen molar-refractivity contribution in [3.63, 3.8) is 0 Å². The molecule has 1 fully saturated rings. The number of benzene rings is 1. The molecule has 0 radical (unpaired) electrons. The van der Waals surface area contributed by atoms with Gasteiger partial charge in [0.2, 0.25) is 0 Å². The quantitative estimate of drug-likeness (QED) is 0.812. The Hall–Kier alpha value is -1.26. The van der Waals surface area contributed by atoms with Crippen molar-refractivity contribution in [2.24, 2.45) is 5.92 Å². The molecule has 1 saturated heterocycles. The molecule has 4 heteroatoms. The van der Waals surface area contributed by atoms with Gasteiger partial charge in [-0.2, -0.15) is 0 Å². The second kappa shape index (κ2) is 7.84. The SMILES string of the molecule is CC.CCC1OC(C2CCOCC2)Cc2c1ccc(O)c2O. The number of phenols is 2. The van der Waals surface area contributed by atoms with Crippen LogP contribution in [0.5, 0.6) is 11.5 Å². The van der Waals surface area contributed by atoms with Crippen molar-refractivity contribution in [3.8, 4) is 11.5 Å². The van der Waals surface area contributed by atoms with Crippen molar-refractivity contribution in [2.75, 3.05) is 13.2 Å². The monoisotopic (exact) mass is 308 g/mol. The van der Waals surface area contributed by atoms with E-state index in [0.29, 0.717) is 12.3 Å². The highest BCUT2D eigenvalue weighted by Crippen LogP contribution is 2.43. The molecule has 0 aromatic heterocycles. The maximum absolute atomic E-state index is 10.1. The van der Waals surface area contributed by atoms with E-state index >= 15 is 0 Å². The summed E-state index contributed by atoms with van der Waals surface area (Å²) in [6, 6.07) is 3.42. The zero-order valence-corrected chi connectivity index (χ0v) is 13.8. The van der Waals surface area contributed by atoms with E-state index in [1.54, 1.807) is 6.07 Å². The molecule has 2 aliphatic heterocycles. The minimum Gasteiger partial charge on any atom is -0.504 e. The van der Waals surface area contributed by atoms with Crippen LogP contribution in [0.4, 0.5) is 0 Å². The van der Waals surface area contributed by atoms with E-state index < -0.39 is 0 Å². The molecule has 1 aromatic rings. The van der Waals surface area contributed by atoms with Gasteiger partial charge in [0.1, 0.15) is 0 Å². The molecule has 2 unspecified atom stereocenters. The van der Waals surface area contributed by atoms with Gasteiger partial charge in [-0.1, -0.05) is 26.8 Å². The molecule has 4 nitrogen and oxygen atoms in total. The van der Waals surface area contributed by atoms with Crippen molar-refractivity contribution in [3.05, 3.63) is 23.3 Å². The molecule has 2 aliphatic rings. The molecule has 124 valence electrons. The number of fused-ring (bicyclic) bond motifs is 1. The van der Waals surface area contributed by atoms with E-state index in [4.69, 9.17) is 9.47 Å². The summed E-state index contributed by atoms with van der Waals surface area (Å²) in [5, 5.41) is 19.9. The standard InChI is InChI=1S/C16H22O4.C2H6/c1-2-14-11-3-4-13(17)16(18)12(11)9-15(20-14)10-5-7-19-8-6-10;1-2/h3-4,10,14-15,17-18H,2,5-9H2,1H3;1-2H3. The molecule has 0 spiro atoms. The Morgan fingerprint density at radius 3 is 2.45 bits per heavy atom. The molecule has 2 N–H and O–H groups in total. The van der Waals surface area contributed by atoms with Crippen LogP contribution in [0, 0.1) is 5.92 Å². The third kappa shape index (κ3) is 3.39. The van der Waals surface area contributed by atoms with Crippen molar-refractivity contribution >= 4 is 0 Å². The molecule has 22 heavy (non-hydrogen) atoms. The first-order valence-corrected chi connectivity index (χ1v) is 8.47. The average molecular weight is 308 g/mol. The summed E-state index contributed by atoms with van der Waals surface area (Å²) in [6.45, 7) is 7.67. The van der Waals surface area contributed by atoms with E-state index in [1.807, 2.05) is 19.9 Å². The third-order valence-electron chi connectivity index (χ3n) is 4.55. The second-order valence-electron chi connectivity index (χ2n) is 5.73. The molecule has 0 aliphatic carbocycles. The van der Waals surface area contributed by atoms with Crippen LogP contribution in [0.2, 0.25) is 0 Å². The van der Waals surface area contributed by atoms with Crippen LogP contribution in [0.3, 0.4) is 0 Å². The van der Waals surface area contributed by atoms with E-state index in [0.717, 1.165) is 43.6 Å². The topological polar surface area (TPSA) is 58.9 Å². The first-order chi connectivity index (χ1) is 10.7. The molecule has 0 bridgehead atoms. The van der Waals surface area contributed by atoms with E-state index in [1.165, 1.54) is 0 Å². The van der Waals surface area contributed by atoms with Crippen LogP contribution in [0.15, 0.2) is 12.1 Å². The summed E-state index contributed by atoms with van der Waals surface area (Å²) in [5.41, 5.74) is 1.88. The van der Waals surface area contributed by atoms with Gasteiger partial charge in [0.25, 0.3) is 0 Å². The van der Waals surface area contributed by atoms with Crippen molar-refractivity contribution in [2.45, 2.75) is 58.7 Å². The fourth-order valence-electron chi connectivity index (χ4n) is 3.37. The highest BCUT2D eigenvalue weighted by molar-refractivity contribution is 5.50. The summed E-state index contributed by atoms with van der Waals surface area (Å²) in [6.07, 6.45) is 3.70. The molecular formula is C18H28O4. The molecule has 0 saturated carbocycles. The minimum absolute atomic E-state index is 0.0121. The lowest BCUT2D eigenvalue weighted by molar-refractivity contribution is -0.0818. The Morgan fingerprint density at radius 1 is 1.14 bits per heavy atom. The predicted molar refractivity (Wildman–Crippen MR) is 86.3 cm³/mol. The van der Waals surface area contributed by atoms with Gasteiger partial charge in [0.05, 0.1) is 12.2 Å². The van der Waals surface area contributed by atoms with Crippen LogP contribution in [-0.4, -0.2) is 29.5 Å². The molecule has 0 amide bonds. The van der Waals surface area contributed by atoms with Crippen molar-refractivity contribution in [1.82, 2.24) is 0 Å². The molecule has 3 rings (SSSR count). The highest BCUT2D eigenvalue weighted by Gasteiger charge is 2.34. The fraction of sp³-hybridized carbons (Fsp3) is 0.667. The van der Waals surface area contributed by atoms with Crippen LogP contribution in [-0.2, 0) is 15.9 Å². The van der Waals surface area contributed by atoms with Crippen molar-refractivity contribution < 1.29 is 19.7 Å². The van der Waals surface area contributed by atoms with Gasteiger partial charge in [0.15, 0.2) is 11.5 Å². The summed E-state index contributed by atoms with van der Waals surface area (Å²) >= 11 is 0. The summed E-state index contributed by atoms with van der Waals surface area (Å²) in [7, 11) is 0. The smallest absolute Gasteiger partial charge is 0.161 e. The largest absolute Gasteiger partial charge is 0.504 e. The zero-order chi connectivity index (χ0) is 16.1. The van der Waals surface area contributed by atoms with Gasteiger partial charge >= 0.3 is 0 Å². The number of hydrogen-bond acceptors (Lipinski definition) is 4. The molecule has 2 heterocycles. The van der Waals surface area contributed by atoms with Crippen molar-refractivity contribution in [1.29, 1.82) is 0 Å². The number of hydrogen-bond donors (Lipinski definition) is 2. The van der Waals surface area contributed by atoms with E-state index in [-0.39, 0.29) is 23.7 Å². The summed E-state index contributed by atoms with van der Waals surface area (Å²) < 4.78 is 11.7. The van der Waals surface area contributed by atoms with Gasteiger partial charge in [-0.15, -0.1) is 0 Å². The van der Waals surface area contributed by atoms with Gasteiger partial charge in [-0.25, -0.2) is 0 Å². The molecule has 1 aromatic carbocycles. The first kappa shape index (κ1) is 17.1. The maximum Gasteiger partial charge on any atom is 0.161 e. The lowest BCUT2D eigenvalue weighted by Gasteiger charge is -2.38. The van der Waals surface area contributed by atoms with Crippen LogP contribution in [0.25, 0.3) is 0 Å². The summed E-state index contributed by atoms with van der Waals surface area (Å²) in [4.78, 5) is 0. The Morgan fingerprint density at radius 2 is 1.82 bits per heavy atom. The molecule has 2 atom stereocenters. The summed E-state index contributed by atoms with van der Waals surface area (Å²) in [5.74, 6) is 0.472. The Kier molecular flexibility index (Phi) is 6.09. The third-order valence-corrected chi connectivity index (χ3v) is 4.55. The van der Waals surface area contributed by atoms with E-state index in [2.05, 4.69) is 6.92 Å². The lowest BCUT2D eigenvalue weighted by Crippen LogP contribution is -2.35. The Balaban J connectivity index is 0.000000847. The minimum atomic E-state index is -0.0359. The number of rotatable bonds is 2. The Bertz CT molecular complexity index is 480. The Labute approximate surface area is 133 Å². The maximum atomic E-state index is 10.1. The van der Waals surface area contributed by atoms with Crippen LogP contribution < -0.4 is 0 Å². The second-order valence-corrected chi connectivity index (χ2v) is 5.73. The first-order valence-electron chi connectivity index (χ1n) is 8.47. The van der Waals surface area contributed by atoms with Gasteiger partial charge in [-0.3, -0.25) is 0 Å². The van der Waals surface area contributed by atoms with Crippen LogP contribution >= 0.6 is 0 Å². The van der Waals surface area contributed by atoms with Crippen LogP contribution in [0.1, 0.15) is 57.3 Å². The van der Waals surface area contributed by atoms with Gasteiger partial charge in [-0.05, 0) is 36.8 Å². The zero-order valence-electron chi connectivity index (χ0n) is 13.8. The lowest BCUT2D eigenvalue weighted by atomic mass is 9.84. The fourth-order valence-corrected chi connectivity index (χ4v) is 3.37. The molecular weight excluding hydrogens is 280 g/mol. The number of phenolic OH excluding ortho intramolecular Hbond substituents is 2. The average Bonchev–Trinajstić information content (AvgIpc) is 2.60.